The minimum atomic E-state index is -1.56. The van der Waals surface area contributed by atoms with Crippen LogP contribution in [0, 0.1) is 0 Å². The average Bonchev–Trinajstić information content (AvgIpc) is 2.97. The van der Waals surface area contributed by atoms with Gasteiger partial charge < -0.3 is 0 Å². The molecular formula is C10H7N5O2S. The first-order valence-electron chi connectivity index (χ1n) is 4.99. The monoisotopic (exact) mass is 261 g/mol. The van der Waals surface area contributed by atoms with E-state index in [2.05, 4.69) is 19.8 Å². The normalized spacial score (nSPS) is 18.6. The molecule has 0 saturated carbocycles. The standard InChI is InChI=1S/C10H7N5O2S/c16-9-3-10(18(17)14-9)15-6-7(4-13-15)8-5-11-1-2-12-8/h1-6H,(H,14,16). The highest BCUT2D eigenvalue weighted by atomic mass is 32.2. The lowest BCUT2D eigenvalue weighted by molar-refractivity contribution is -0.114. The predicted molar refractivity (Wildman–Crippen MR) is 63.8 cm³/mol. The molecule has 0 aromatic carbocycles. The van der Waals surface area contributed by atoms with Gasteiger partial charge in [0.15, 0.2) is 16.0 Å². The minimum Gasteiger partial charge on any atom is -0.269 e. The third kappa shape index (κ3) is 1.82. The fourth-order valence-corrected chi connectivity index (χ4v) is 2.34. The van der Waals surface area contributed by atoms with E-state index in [4.69, 9.17) is 0 Å². The van der Waals surface area contributed by atoms with Gasteiger partial charge >= 0.3 is 0 Å². The summed E-state index contributed by atoms with van der Waals surface area (Å²) in [5.41, 5.74) is 1.40. The Balaban J connectivity index is 1.98. The summed E-state index contributed by atoms with van der Waals surface area (Å²) in [6.45, 7) is 0. The maximum atomic E-state index is 11.6. The highest BCUT2D eigenvalue weighted by Gasteiger charge is 2.22. The van der Waals surface area contributed by atoms with E-state index >= 15 is 0 Å². The molecule has 18 heavy (non-hydrogen) atoms. The smallest absolute Gasteiger partial charge is 0.258 e. The number of rotatable bonds is 2. The van der Waals surface area contributed by atoms with Gasteiger partial charge in [-0.2, -0.15) is 5.10 Å². The fourth-order valence-electron chi connectivity index (χ4n) is 1.51. The molecule has 3 rings (SSSR count). The summed E-state index contributed by atoms with van der Waals surface area (Å²) in [5.74, 6) is -0.389. The molecule has 1 aliphatic rings. The van der Waals surface area contributed by atoms with Gasteiger partial charge in [-0.3, -0.25) is 19.5 Å². The van der Waals surface area contributed by atoms with Crippen LogP contribution in [0.3, 0.4) is 0 Å². The lowest BCUT2D eigenvalue weighted by Crippen LogP contribution is -2.17. The number of carbonyl (C=O) groups is 1. The number of aromatic nitrogens is 4. The van der Waals surface area contributed by atoms with E-state index in [-0.39, 0.29) is 5.91 Å². The number of amides is 1. The van der Waals surface area contributed by atoms with Gasteiger partial charge in [-0.25, -0.2) is 8.89 Å². The van der Waals surface area contributed by atoms with Crippen LogP contribution in [0.15, 0.2) is 37.1 Å². The zero-order valence-electron chi connectivity index (χ0n) is 8.98. The van der Waals surface area contributed by atoms with Crippen molar-refractivity contribution in [3.8, 4) is 11.3 Å². The Hall–Kier alpha value is -2.35. The van der Waals surface area contributed by atoms with Gasteiger partial charge in [0.25, 0.3) is 5.91 Å². The lowest BCUT2D eigenvalue weighted by atomic mass is 10.3. The third-order valence-electron chi connectivity index (χ3n) is 2.31. The molecule has 0 aliphatic carbocycles. The number of nitrogens with zero attached hydrogens (tertiary/aromatic N) is 4. The van der Waals surface area contributed by atoms with Crippen LogP contribution in [0.4, 0.5) is 0 Å². The predicted octanol–water partition coefficient (Wildman–Crippen LogP) is -0.0680. The van der Waals surface area contributed by atoms with Crippen molar-refractivity contribution in [3.63, 3.8) is 0 Å². The summed E-state index contributed by atoms with van der Waals surface area (Å²) in [6, 6.07) is 0. The first kappa shape index (κ1) is 10.8. The molecule has 2 aromatic rings. The highest BCUT2D eigenvalue weighted by Crippen LogP contribution is 2.18. The second-order valence-electron chi connectivity index (χ2n) is 3.48. The van der Waals surface area contributed by atoms with Crippen molar-refractivity contribution in [2.75, 3.05) is 0 Å². The van der Waals surface area contributed by atoms with Gasteiger partial charge in [0, 0.05) is 30.2 Å². The molecule has 7 nitrogen and oxygen atoms in total. The van der Waals surface area contributed by atoms with Crippen LogP contribution in [0.5, 0.6) is 0 Å². The zero-order valence-corrected chi connectivity index (χ0v) is 9.79. The summed E-state index contributed by atoms with van der Waals surface area (Å²) in [7, 11) is -1.56. The van der Waals surface area contributed by atoms with Gasteiger partial charge in [0.2, 0.25) is 0 Å². The van der Waals surface area contributed by atoms with E-state index in [9.17, 15) is 9.00 Å². The first-order valence-corrected chi connectivity index (χ1v) is 6.14. The Morgan fingerprint density at radius 2 is 2.17 bits per heavy atom. The third-order valence-corrected chi connectivity index (χ3v) is 3.38. The first-order chi connectivity index (χ1) is 8.74. The maximum absolute atomic E-state index is 11.6. The van der Waals surface area contributed by atoms with Crippen molar-refractivity contribution >= 4 is 21.9 Å². The van der Waals surface area contributed by atoms with Gasteiger partial charge in [0.05, 0.1) is 18.1 Å². The Morgan fingerprint density at radius 1 is 1.28 bits per heavy atom. The van der Waals surface area contributed by atoms with Crippen molar-refractivity contribution in [2.24, 2.45) is 0 Å². The topological polar surface area (TPSA) is 89.8 Å². The molecule has 1 N–H and O–H groups in total. The molecular weight excluding hydrogens is 254 g/mol. The van der Waals surface area contributed by atoms with Crippen molar-refractivity contribution in [1.29, 1.82) is 0 Å². The maximum Gasteiger partial charge on any atom is 0.258 e. The Morgan fingerprint density at radius 3 is 2.83 bits per heavy atom. The van der Waals surface area contributed by atoms with Crippen LogP contribution >= 0.6 is 0 Å². The quantitative estimate of drug-likeness (QED) is 0.817. The number of nitrogens with one attached hydrogen (secondary N) is 1. The molecule has 0 fully saturated rings. The van der Waals surface area contributed by atoms with Crippen molar-refractivity contribution in [1.82, 2.24) is 24.5 Å². The summed E-state index contributed by atoms with van der Waals surface area (Å²) in [6.07, 6.45) is 9.23. The molecule has 1 aliphatic heterocycles. The lowest BCUT2D eigenvalue weighted by Gasteiger charge is -1.98. The van der Waals surface area contributed by atoms with Crippen molar-refractivity contribution < 1.29 is 9.00 Å². The van der Waals surface area contributed by atoms with E-state index in [1.54, 1.807) is 31.0 Å². The second-order valence-corrected chi connectivity index (χ2v) is 4.64. The number of carbonyl (C=O) groups excluding carboxylic acids is 1. The Kier molecular flexibility index (Phi) is 2.49. The molecule has 1 unspecified atom stereocenters. The average molecular weight is 261 g/mol. The largest absolute Gasteiger partial charge is 0.269 e. The van der Waals surface area contributed by atoms with Gasteiger partial charge in [-0.1, -0.05) is 0 Å². The molecule has 0 saturated heterocycles. The van der Waals surface area contributed by atoms with E-state index in [0.717, 1.165) is 5.56 Å². The van der Waals surface area contributed by atoms with Gasteiger partial charge in [-0.15, -0.1) is 0 Å². The van der Waals surface area contributed by atoms with Crippen LogP contribution in [-0.2, 0) is 15.8 Å². The van der Waals surface area contributed by atoms with Crippen molar-refractivity contribution in [3.05, 3.63) is 37.1 Å². The molecule has 0 radical (unpaired) electrons. The SMILES string of the molecule is O=C1C=C(n2cc(-c3cnccn3)cn2)S(=O)N1. The summed E-state index contributed by atoms with van der Waals surface area (Å²) >= 11 is 0. The molecule has 2 aromatic heterocycles. The Labute approximate surface area is 104 Å². The van der Waals surface area contributed by atoms with E-state index in [1.165, 1.54) is 10.8 Å². The highest BCUT2D eigenvalue weighted by molar-refractivity contribution is 7.93. The zero-order chi connectivity index (χ0) is 12.5. The summed E-state index contributed by atoms with van der Waals surface area (Å²) < 4.78 is 15.2. The van der Waals surface area contributed by atoms with E-state index in [0.29, 0.717) is 10.7 Å². The molecule has 1 atom stereocenters. The number of hydrogen-bond acceptors (Lipinski definition) is 5. The van der Waals surface area contributed by atoms with Gasteiger partial charge in [-0.05, 0) is 0 Å². The molecule has 3 heterocycles. The molecule has 1 amide bonds. The molecule has 0 spiro atoms. The molecule has 90 valence electrons. The number of hydrogen-bond donors (Lipinski definition) is 1. The minimum absolute atomic E-state index is 0.301. The van der Waals surface area contributed by atoms with Crippen LogP contribution < -0.4 is 4.72 Å². The Bertz CT molecular complexity index is 664. The van der Waals surface area contributed by atoms with Crippen molar-refractivity contribution in [2.45, 2.75) is 0 Å². The van der Waals surface area contributed by atoms with Crippen LogP contribution in [0.25, 0.3) is 16.3 Å². The van der Waals surface area contributed by atoms with Crippen LogP contribution in [0.1, 0.15) is 0 Å². The summed E-state index contributed by atoms with van der Waals surface area (Å²) in [5, 5.41) is 4.36. The van der Waals surface area contributed by atoms with E-state index < -0.39 is 11.0 Å². The fraction of sp³-hybridized carbons (Fsp3) is 0. The van der Waals surface area contributed by atoms with Gasteiger partial charge in [0.1, 0.15) is 0 Å². The second kappa shape index (κ2) is 4.15. The molecule has 8 heteroatoms. The van der Waals surface area contributed by atoms with Crippen LogP contribution in [-0.4, -0.2) is 29.9 Å². The summed E-state index contributed by atoms with van der Waals surface area (Å²) in [4.78, 5) is 19.2. The van der Waals surface area contributed by atoms with E-state index in [1.807, 2.05) is 0 Å². The van der Waals surface area contributed by atoms with Crippen LogP contribution in [0.2, 0.25) is 0 Å². The molecule has 0 bridgehead atoms.